The summed E-state index contributed by atoms with van der Waals surface area (Å²) < 4.78 is 47.9. The second-order valence-corrected chi connectivity index (χ2v) is 8.08. The lowest BCUT2D eigenvalue weighted by molar-refractivity contribution is 0.122. The van der Waals surface area contributed by atoms with Crippen molar-refractivity contribution < 1.29 is 23.0 Å². The molecule has 3 aromatic rings. The number of halogens is 3. The van der Waals surface area contributed by atoms with Crippen LogP contribution in [0.25, 0.3) is 11.0 Å². The van der Waals surface area contributed by atoms with Crippen LogP contribution >= 0.6 is 0 Å². The zero-order valence-electron chi connectivity index (χ0n) is 18.9. The van der Waals surface area contributed by atoms with Crippen molar-refractivity contribution in [2.75, 3.05) is 43.1 Å². The Morgan fingerprint density at radius 3 is 2.59 bits per heavy atom. The molecule has 0 unspecified atom stereocenters. The van der Waals surface area contributed by atoms with Gasteiger partial charge in [0.25, 0.3) is 12.0 Å². The molecule has 1 aliphatic rings. The number of morpholine rings is 1. The van der Waals surface area contributed by atoms with E-state index in [1.807, 2.05) is 4.90 Å². The Kier molecular flexibility index (Phi) is 7.03. The molecule has 0 saturated carbocycles. The van der Waals surface area contributed by atoms with E-state index in [9.17, 15) is 23.1 Å². The van der Waals surface area contributed by atoms with E-state index in [2.05, 4.69) is 15.3 Å². The number of alkyl halides is 2. The molecule has 4 rings (SSSR count). The van der Waals surface area contributed by atoms with E-state index < -0.39 is 23.8 Å². The molecule has 1 atom stereocenters. The molecule has 0 amide bonds. The van der Waals surface area contributed by atoms with E-state index in [-0.39, 0.29) is 24.3 Å². The van der Waals surface area contributed by atoms with Gasteiger partial charge in [-0.3, -0.25) is 9.36 Å². The largest absolute Gasteiger partial charge is 0.395 e. The molecular weight excluding hydrogens is 451 g/mol. The fraction of sp³-hybridized carbons (Fsp3) is 0.435. The highest BCUT2D eigenvalue weighted by atomic mass is 19.3. The number of nitrogens with one attached hydrogen (secondary N) is 1. The highest BCUT2D eigenvalue weighted by Crippen LogP contribution is 2.31. The molecule has 0 radical (unpaired) electrons. The van der Waals surface area contributed by atoms with Gasteiger partial charge in [-0.15, -0.1) is 0 Å². The molecular formula is C23H26F3N5O3. The minimum Gasteiger partial charge on any atom is -0.395 e. The number of aryl methyl sites for hydroxylation is 1. The van der Waals surface area contributed by atoms with Gasteiger partial charge in [0.1, 0.15) is 28.8 Å². The van der Waals surface area contributed by atoms with E-state index in [0.29, 0.717) is 54.7 Å². The van der Waals surface area contributed by atoms with Crippen LogP contribution in [-0.2, 0) is 11.3 Å². The molecule has 1 aromatic carbocycles. The normalized spacial score (nSPS) is 15.2. The molecule has 0 spiro atoms. The summed E-state index contributed by atoms with van der Waals surface area (Å²) in [6, 6.07) is 4.86. The number of pyridine rings is 1. The van der Waals surface area contributed by atoms with Crippen LogP contribution in [0.5, 0.6) is 0 Å². The maximum Gasteiger partial charge on any atom is 0.275 e. The van der Waals surface area contributed by atoms with E-state index >= 15 is 0 Å². The fourth-order valence-corrected chi connectivity index (χ4v) is 4.14. The molecule has 1 saturated heterocycles. The Morgan fingerprint density at radius 1 is 1.21 bits per heavy atom. The minimum absolute atomic E-state index is 0.0318. The SMILES string of the molecule is Cc1nc(N[C@H](C)c2cccc(C(F)F)c2F)c2cc(N3CCOCC3)c(=O)n(CCO)c2n1. The third-order valence-corrected chi connectivity index (χ3v) is 5.83. The lowest BCUT2D eigenvalue weighted by Gasteiger charge is -2.29. The molecule has 2 aromatic heterocycles. The van der Waals surface area contributed by atoms with Crippen LogP contribution in [0, 0.1) is 12.7 Å². The minimum atomic E-state index is -2.93. The molecule has 182 valence electrons. The summed E-state index contributed by atoms with van der Waals surface area (Å²) >= 11 is 0. The summed E-state index contributed by atoms with van der Waals surface area (Å²) in [5.41, 5.74) is -0.157. The van der Waals surface area contributed by atoms with Crippen molar-refractivity contribution in [3.05, 3.63) is 57.4 Å². The van der Waals surface area contributed by atoms with Crippen molar-refractivity contribution in [3.8, 4) is 0 Å². The first-order valence-corrected chi connectivity index (χ1v) is 11.0. The number of aromatic nitrogens is 3. The van der Waals surface area contributed by atoms with Crippen molar-refractivity contribution in [2.24, 2.45) is 0 Å². The van der Waals surface area contributed by atoms with Crippen molar-refractivity contribution in [3.63, 3.8) is 0 Å². The van der Waals surface area contributed by atoms with Crippen LogP contribution < -0.4 is 15.8 Å². The number of aliphatic hydroxyl groups is 1. The van der Waals surface area contributed by atoms with Crippen LogP contribution in [0.3, 0.4) is 0 Å². The highest BCUT2D eigenvalue weighted by Gasteiger charge is 2.23. The van der Waals surface area contributed by atoms with Gasteiger partial charge >= 0.3 is 0 Å². The first kappa shape index (κ1) is 24.0. The molecule has 2 N–H and O–H groups in total. The van der Waals surface area contributed by atoms with Gasteiger partial charge in [0, 0.05) is 18.7 Å². The average Bonchev–Trinajstić information content (AvgIpc) is 2.81. The lowest BCUT2D eigenvalue weighted by atomic mass is 10.0. The zero-order chi connectivity index (χ0) is 24.4. The lowest BCUT2D eigenvalue weighted by Crippen LogP contribution is -2.40. The molecule has 8 nitrogen and oxygen atoms in total. The number of hydrogen-bond donors (Lipinski definition) is 2. The van der Waals surface area contributed by atoms with Crippen molar-refractivity contribution in [1.82, 2.24) is 14.5 Å². The maximum atomic E-state index is 14.7. The third kappa shape index (κ3) is 4.58. The number of ether oxygens (including phenoxy) is 1. The third-order valence-electron chi connectivity index (χ3n) is 5.83. The highest BCUT2D eigenvalue weighted by molar-refractivity contribution is 5.89. The summed E-state index contributed by atoms with van der Waals surface area (Å²) in [7, 11) is 0. The Balaban J connectivity index is 1.83. The van der Waals surface area contributed by atoms with Crippen molar-refractivity contribution in [1.29, 1.82) is 0 Å². The first-order valence-electron chi connectivity index (χ1n) is 11.0. The van der Waals surface area contributed by atoms with Gasteiger partial charge in [0.2, 0.25) is 0 Å². The Hall–Kier alpha value is -3.18. The second kappa shape index (κ2) is 9.98. The van der Waals surface area contributed by atoms with Crippen LogP contribution in [0.15, 0.2) is 29.1 Å². The number of anilines is 2. The van der Waals surface area contributed by atoms with Crippen LogP contribution in [0.2, 0.25) is 0 Å². The van der Waals surface area contributed by atoms with E-state index in [0.717, 1.165) is 6.07 Å². The summed E-state index contributed by atoms with van der Waals surface area (Å²) in [6.07, 6.45) is -2.93. The van der Waals surface area contributed by atoms with E-state index in [4.69, 9.17) is 4.74 Å². The Labute approximate surface area is 194 Å². The average molecular weight is 477 g/mol. The number of benzene rings is 1. The van der Waals surface area contributed by atoms with Gasteiger partial charge in [-0.25, -0.2) is 23.1 Å². The van der Waals surface area contributed by atoms with Gasteiger partial charge in [0.05, 0.1) is 43.4 Å². The summed E-state index contributed by atoms with van der Waals surface area (Å²) in [6.45, 7) is 5.06. The van der Waals surface area contributed by atoms with Gasteiger partial charge in [-0.1, -0.05) is 18.2 Å². The molecule has 1 aliphatic heterocycles. The summed E-state index contributed by atoms with van der Waals surface area (Å²) in [5, 5.41) is 13.2. The monoisotopic (exact) mass is 477 g/mol. The molecule has 3 heterocycles. The van der Waals surface area contributed by atoms with Crippen LogP contribution in [-0.4, -0.2) is 52.6 Å². The second-order valence-electron chi connectivity index (χ2n) is 8.08. The quantitative estimate of drug-likeness (QED) is 0.540. The Bertz CT molecular complexity index is 1240. The smallest absolute Gasteiger partial charge is 0.275 e. The number of nitrogens with zero attached hydrogens (tertiary/aromatic N) is 4. The maximum absolute atomic E-state index is 14.7. The molecule has 11 heteroatoms. The molecule has 1 fully saturated rings. The topological polar surface area (TPSA) is 92.5 Å². The predicted molar refractivity (Wildman–Crippen MR) is 122 cm³/mol. The van der Waals surface area contributed by atoms with Gasteiger partial charge in [-0.2, -0.15) is 0 Å². The van der Waals surface area contributed by atoms with Gasteiger partial charge < -0.3 is 20.1 Å². The molecule has 0 aliphatic carbocycles. The standard InChI is InChI=1S/C23H26F3N5O3/c1-13(15-4-3-5-16(19(15)24)20(25)26)27-21-17-12-18(30-7-10-34-11-8-30)23(33)31(6-9-32)22(17)29-14(2)28-21/h3-5,12-13,20,32H,6-11H2,1-2H3,(H,27,28,29)/t13-/m1/s1. The Morgan fingerprint density at radius 2 is 1.91 bits per heavy atom. The predicted octanol–water partition coefficient (Wildman–Crippen LogP) is 3.18. The van der Waals surface area contributed by atoms with Gasteiger partial charge in [-0.05, 0) is 19.9 Å². The van der Waals surface area contributed by atoms with E-state index in [1.165, 1.54) is 16.7 Å². The number of fused-ring (bicyclic) bond motifs is 1. The van der Waals surface area contributed by atoms with Crippen molar-refractivity contribution in [2.45, 2.75) is 32.9 Å². The fourth-order valence-electron chi connectivity index (χ4n) is 4.14. The van der Waals surface area contributed by atoms with Crippen LogP contribution in [0.1, 0.15) is 36.3 Å². The van der Waals surface area contributed by atoms with Crippen molar-refractivity contribution >= 4 is 22.5 Å². The number of aliphatic hydroxyl groups excluding tert-OH is 1. The molecule has 0 bridgehead atoms. The summed E-state index contributed by atoms with van der Waals surface area (Å²) in [4.78, 5) is 24.0. The van der Waals surface area contributed by atoms with Crippen LogP contribution in [0.4, 0.5) is 24.7 Å². The molecule has 34 heavy (non-hydrogen) atoms. The van der Waals surface area contributed by atoms with Gasteiger partial charge in [0.15, 0.2) is 0 Å². The zero-order valence-corrected chi connectivity index (χ0v) is 18.9. The van der Waals surface area contributed by atoms with E-state index in [1.54, 1.807) is 19.9 Å². The number of hydrogen-bond acceptors (Lipinski definition) is 7. The summed E-state index contributed by atoms with van der Waals surface area (Å²) in [5.74, 6) is -0.286. The number of rotatable bonds is 7. The first-order chi connectivity index (χ1) is 16.3.